The molecule has 1 unspecified atom stereocenters. The summed E-state index contributed by atoms with van der Waals surface area (Å²) in [5.74, 6) is 0.586. The first-order valence-corrected chi connectivity index (χ1v) is 7.39. The maximum atomic E-state index is 13.0. The van der Waals surface area contributed by atoms with E-state index >= 15 is 0 Å². The highest BCUT2D eigenvalue weighted by atomic mass is 32.1. The van der Waals surface area contributed by atoms with E-state index in [0.717, 1.165) is 0 Å². The number of hydrogen-bond acceptors (Lipinski definition) is 1. The van der Waals surface area contributed by atoms with Gasteiger partial charge >= 0.3 is 0 Å². The van der Waals surface area contributed by atoms with Crippen molar-refractivity contribution in [2.24, 2.45) is 0 Å². The molecule has 0 radical (unpaired) electrons. The lowest BCUT2D eigenvalue weighted by Crippen LogP contribution is -1.97. The number of thiophene rings is 1. The van der Waals surface area contributed by atoms with Gasteiger partial charge in [0.25, 0.3) is 0 Å². The van der Waals surface area contributed by atoms with Crippen molar-refractivity contribution in [3.05, 3.63) is 22.1 Å². The van der Waals surface area contributed by atoms with Crippen LogP contribution in [0.15, 0.2) is 11.4 Å². The molecule has 0 N–H and O–H groups in total. The molecule has 0 aliphatic heterocycles. The molecule has 2 heteroatoms. The Labute approximate surface area is 103 Å². The SMILES string of the molecule is CCCCCCC(CCC)c1csc(F)c1. The summed E-state index contributed by atoms with van der Waals surface area (Å²) in [5, 5.41) is 1.96. The first-order valence-electron chi connectivity index (χ1n) is 6.51. The van der Waals surface area contributed by atoms with Crippen LogP contribution < -0.4 is 0 Å². The molecule has 92 valence electrons. The average molecular weight is 242 g/mol. The molecule has 0 aliphatic carbocycles. The standard InChI is InChI=1S/C14H23FS/c1-3-5-6-7-9-12(8-4-2)13-10-14(15)16-11-13/h10-12H,3-9H2,1-2H3. The van der Waals surface area contributed by atoms with E-state index in [9.17, 15) is 4.39 Å². The maximum absolute atomic E-state index is 13.0. The first-order chi connectivity index (χ1) is 7.77. The van der Waals surface area contributed by atoms with Crippen molar-refractivity contribution in [1.82, 2.24) is 0 Å². The zero-order chi connectivity index (χ0) is 11.8. The summed E-state index contributed by atoms with van der Waals surface area (Å²) in [6.45, 7) is 4.44. The molecule has 16 heavy (non-hydrogen) atoms. The van der Waals surface area contributed by atoms with Crippen molar-refractivity contribution >= 4 is 11.3 Å². The predicted molar refractivity (Wildman–Crippen MR) is 70.7 cm³/mol. The molecule has 0 bridgehead atoms. The summed E-state index contributed by atoms with van der Waals surface area (Å²) in [6.07, 6.45) is 8.84. The van der Waals surface area contributed by atoms with Gasteiger partial charge in [0.2, 0.25) is 0 Å². The molecule has 0 saturated carbocycles. The summed E-state index contributed by atoms with van der Waals surface area (Å²) >= 11 is 1.24. The number of hydrogen-bond donors (Lipinski definition) is 0. The molecule has 0 aliphatic rings. The molecule has 1 aromatic heterocycles. The third kappa shape index (κ3) is 4.65. The lowest BCUT2D eigenvalue weighted by atomic mass is 9.91. The summed E-state index contributed by atoms with van der Waals surface area (Å²) < 4.78 is 13.0. The van der Waals surface area contributed by atoms with Crippen LogP contribution in [0.25, 0.3) is 0 Å². The third-order valence-electron chi connectivity index (χ3n) is 3.10. The van der Waals surface area contributed by atoms with Gasteiger partial charge in [-0.15, -0.1) is 11.3 Å². The smallest absolute Gasteiger partial charge is 0.176 e. The van der Waals surface area contributed by atoms with Crippen LogP contribution in [-0.2, 0) is 0 Å². The fourth-order valence-electron chi connectivity index (χ4n) is 2.18. The van der Waals surface area contributed by atoms with E-state index in [-0.39, 0.29) is 5.13 Å². The second-order valence-electron chi connectivity index (χ2n) is 4.52. The topological polar surface area (TPSA) is 0 Å². The Balaban J connectivity index is 2.41. The quantitative estimate of drug-likeness (QED) is 0.510. The number of unbranched alkanes of at least 4 members (excludes halogenated alkanes) is 3. The molecule has 1 heterocycles. The number of rotatable bonds is 8. The molecule has 0 nitrogen and oxygen atoms in total. The highest BCUT2D eigenvalue weighted by Crippen LogP contribution is 2.30. The highest BCUT2D eigenvalue weighted by molar-refractivity contribution is 7.08. The molecule has 0 amide bonds. The van der Waals surface area contributed by atoms with Gasteiger partial charge in [-0.3, -0.25) is 0 Å². The third-order valence-corrected chi connectivity index (χ3v) is 3.84. The maximum Gasteiger partial charge on any atom is 0.176 e. The lowest BCUT2D eigenvalue weighted by Gasteiger charge is -2.14. The Hall–Kier alpha value is -0.370. The summed E-state index contributed by atoms with van der Waals surface area (Å²) in [4.78, 5) is 0. The average Bonchev–Trinajstić information content (AvgIpc) is 2.69. The van der Waals surface area contributed by atoms with Gasteiger partial charge in [-0.1, -0.05) is 46.0 Å². The Morgan fingerprint density at radius 3 is 2.50 bits per heavy atom. The molecule has 1 rings (SSSR count). The molecular weight excluding hydrogens is 219 g/mol. The van der Waals surface area contributed by atoms with E-state index in [2.05, 4.69) is 13.8 Å². The number of halogens is 1. The Morgan fingerprint density at radius 2 is 1.94 bits per heavy atom. The minimum absolute atomic E-state index is 0.0374. The van der Waals surface area contributed by atoms with E-state index < -0.39 is 0 Å². The largest absolute Gasteiger partial charge is 0.195 e. The minimum Gasteiger partial charge on any atom is -0.195 e. The van der Waals surface area contributed by atoms with E-state index in [1.54, 1.807) is 6.07 Å². The van der Waals surface area contributed by atoms with Crippen molar-refractivity contribution in [3.8, 4) is 0 Å². The van der Waals surface area contributed by atoms with Crippen LogP contribution in [0.3, 0.4) is 0 Å². The Bertz CT molecular complexity index is 280. The molecule has 1 aromatic rings. The van der Waals surface area contributed by atoms with Gasteiger partial charge < -0.3 is 0 Å². The van der Waals surface area contributed by atoms with Crippen molar-refractivity contribution in [1.29, 1.82) is 0 Å². The van der Waals surface area contributed by atoms with E-state index in [1.807, 2.05) is 5.38 Å². The van der Waals surface area contributed by atoms with Gasteiger partial charge in [-0.2, -0.15) is 4.39 Å². The predicted octanol–water partition coefficient (Wildman–Crippen LogP) is 5.74. The molecule has 1 atom stereocenters. The molecular formula is C14H23FS. The minimum atomic E-state index is -0.0374. The van der Waals surface area contributed by atoms with Crippen LogP contribution in [0.1, 0.15) is 70.3 Å². The van der Waals surface area contributed by atoms with E-state index in [0.29, 0.717) is 5.92 Å². The van der Waals surface area contributed by atoms with Gasteiger partial charge in [0.15, 0.2) is 5.13 Å². The van der Waals surface area contributed by atoms with Crippen molar-refractivity contribution in [2.75, 3.05) is 0 Å². The highest BCUT2D eigenvalue weighted by Gasteiger charge is 2.12. The molecule has 0 fully saturated rings. The van der Waals surface area contributed by atoms with Crippen LogP contribution in [0.4, 0.5) is 4.39 Å². The van der Waals surface area contributed by atoms with Crippen LogP contribution in [-0.4, -0.2) is 0 Å². The second-order valence-corrected chi connectivity index (χ2v) is 5.38. The van der Waals surface area contributed by atoms with Gasteiger partial charge in [-0.05, 0) is 35.8 Å². The first kappa shape index (κ1) is 13.7. The lowest BCUT2D eigenvalue weighted by molar-refractivity contribution is 0.520. The van der Waals surface area contributed by atoms with Gasteiger partial charge in [0.05, 0.1) is 0 Å². The monoisotopic (exact) mass is 242 g/mol. The van der Waals surface area contributed by atoms with Crippen molar-refractivity contribution in [3.63, 3.8) is 0 Å². The fourth-order valence-corrected chi connectivity index (χ4v) is 2.89. The Kier molecular flexibility index (Phi) is 6.70. The van der Waals surface area contributed by atoms with Crippen LogP contribution >= 0.6 is 11.3 Å². The van der Waals surface area contributed by atoms with Crippen LogP contribution in [0, 0.1) is 5.13 Å². The fraction of sp³-hybridized carbons (Fsp3) is 0.714. The summed E-state index contributed by atoms with van der Waals surface area (Å²) in [5.41, 5.74) is 1.22. The van der Waals surface area contributed by atoms with E-state index in [4.69, 9.17) is 0 Å². The Morgan fingerprint density at radius 1 is 1.12 bits per heavy atom. The zero-order valence-electron chi connectivity index (χ0n) is 10.5. The molecule has 0 aromatic carbocycles. The van der Waals surface area contributed by atoms with E-state index in [1.165, 1.54) is 61.8 Å². The van der Waals surface area contributed by atoms with Gasteiger partial charge in [0, 0.05) is 0 Å². The van der Waals surface area contributed by atoms with Crippen LogP contribution in [0.5, 0.6) is 0 Å². The van der Waals surface area contributed by atoms with Crippen molar-refractivity contribution in [2.45, 2.75) is 64.7 Å². The second kappa shape index (κ2) is 7.83. The van der Waals surface area contributed by atoms with Crippen LogP contribution in [0.2, 0.25) is 0 Å². The summed E-state index contributed by atoms with van der Waals surface area (Å²) in [6, 6.07) is 1.73. The summed E-state index contributed by atoms with van der Waals surface area (Å²) in [7, 11) is 0. The normalized spacial score (nSPS) is 12.9. The molecule has 0 saturated heterocycles. The molecule has 0 spiro atoms. The zero-order valence-corrected chi connectivity index (χ0v) is 11.3. The van der Waals surface area contributed by atoms with Gasteiger partial charge in [0.1, 0.15) is 0 Å². The van der Waals surface area contributed by atoms with Crippen molar-refractivity contribution < 1.29 is 4.39 Å². The van der Waals surface area contributed by atoms with Gasteiger partial charge in [-0.25, -0.2) is 0 Å².